The third-order valence-electron chi connectivity index (χ3n) is 2.51. The number of para-hydroxylation sites is 1. The standard InChI is InChI=1S/C14H11BrN2/c1-10-4-2-3-5-14(10)17-12-7-6-11(9-16)13(15)8-12/h2-8,17H,1H3. The Hall–Kier alpha value is -1.79. The van der Waals surface area contributed by atoms with Crippen molar-refractivity contribution in [3.05, 3.63) is 58.1 Å². The summed E-state index contributed by atoms with van der Waals surface area (Å²) < 4.78 is 0.804. The van der Waals surface area contributed by atoms with E-state index in [1.165, 1.54) is 5.56 Å². The van der Waals surface area contributed by atoms with Gasteiger partial charge in [-0.2, -0.15) is 5.26 Å². The van der Waals surface area contributed by atoms with Crippen molar-refractivity contribution in [2.75, 3.05) is 5.32 Å². The van der Waals surface area contributed by atoms with Crippen LogP contribution in [0.3, 0.4) is 0 Å². The minimum atomic E-state index is 0.639. The first-order valence-electron chi connectivity index (χ1n) is 5.23. The highest BCUT2D eigenvalue weighted by molar-refractivity contribution is 9.10. The lowest BCUT2D eigenvalue weighted by atomic mass is 10.2. The van der Waals surface area contributed by atoms with Crippen molar-refractivity contribution in [3.63, 3.8) is 0 Å². The molecule has 2 rings (SSSR count). The Morgan fingerprint density at radius 3 is 2.59 bits per heavy atom. The minimum Gasteiger partial charge on any atom is -0.355 e. The Labute approximate surface area is 109 Å². The predicted octanol–water partition coefficient (Wildman–Crippen LogP) is 4.37. The quantitative estimate of drug-likeness (QED) is 0.890. The van der Waals surface area contributed by atoms with Crippen LogP contribution in [-0.2, 0) is 0 Å². The largest absolute Gasteiger partial charge is 0.355 e. The van der Waals surface area contributed by atoms with Crippen LogP contribution < -0.4 is 5.32 Å². The molecule has 0 amide bonds. The van der Waals surface area contributed by atoms with E-state index in [-0.39, 0.29) is 0 Å². The normalized spacial score (nSPS) is 9.71. The molecule has 0 spiro atoms. The van der Waals surface area contributed by atoms with Crippen LogP contribution in [0, 0.1) is 18.3 Å². The highest BCUT2D eigenvalue weighted by atomic mass is 79.9. The average molecular weight is 287 g/mol. The number of hydrogen-bond donors (Lipinski definition) is 1. The molecule has 3 heteroatoms. The molecule has 0 bridgehead atoms. The molecule has 0 saturated heterocycles. The Kier molecular flexibility index (Phi) is 3.46. The molecule has 0 aliphatic heterocycles. The number of nitriles is 1. The summed E-state index contributed by atoms with van der Waals surface area (Å²) in [5.74, 6) is 0. The van der Waals surface area contributed by atoms with Crippen molar-refractivity contribution in [2.24, 2.45) is 0 Å². The molecule has 0 aliphatic rings. The maximum atomic E-state index is 8.84. The fraction of sp³-hybridized carbons (Fsp3) is 0.0714. The molecule has 84 valence electrons. The van der Waals surface area contributed by atoms with Crippen LogP contribution in [-0.4, -0.2) is 0 Å². The van der Waals surface area contributed by atoms with Gasteiger partial charge in [-0.1, -0.05) is 18.2 Å². The number of nitrogens with one attached hydrogen (secondary N) is 1. The molecule has 0 aromatic heterocycles. The summed E-state index contributed by atoms with van der Waals surface area (Å²) in [5.41, 5.74) is 3.86. The van der Waals surface area contributed by atoms with Gasteiger partial charge in [0, 0.05) is 15.8 Å². The van der Waals surface area contributed by atoms with E-state index in [1.807, 2.05) is 30.3 Å². The molecule has 0 unspecified atom stereocenters. The SMILES string of the molecule is Cc1ccccc1Nc1ccc(C#N)c(Br)c1. The highest BCUT2D eigenvalue weighted by Gasteiger charge is 2.02. The summed E-state index contributed by atoms with van der Waals surface area (Å²) in [6, 6.07) is 15.8. The van der Waals surface area contributed by atoms with Crippen LogP contribution >= 0.6 is 15.9 Å². The molecular weight excluding hydrogens is 276 g/mol. The van der Waals surface area contributed by atoms with Gasteiger partial charge in [-0.25, -0.2) is 0 Å². The summed E-state index contributed by atoms with van der Waals surface area (Å²) in [6.07, 6.45) is 0. The van der Waals surface area contributed by atoms with E-state index in [2.05, 4.69) is 40.3 Å². The molecule has 2 nitrogen and oxygen atoms in total. The lowest BCUT2D eigenvalue weighted by molar-refractivity contribution is 1.42. The minimum absolute atomic E-state index is 0.639. The van der Waals surface area contributed by atoms with Crippen molar-refractivity contribution in [3.8, 4) is 6.07 Å². The van der Waals surface area contributed by atoms with E-state index >= 15 is 0 Å². The van der Waals surface area contributed by atoms with Crippen LogP contribution in [0.2, 0.25) is 0 Å². The van der Waals surface area contributed by atoms with Gasteiger partial charge in [-0.3, -0.25) is 0 Å². The maximum absolute atomic E-state index is 8.84. The van der Waals surface area contributed by atoms with Gasteiger partial charge < -0.3 is 5.32 Å². The number of aryl methyl sites for hydroxylation is 1. The predicted molar refractivity (Wildman–Crippen MR) is 73.3 cm³/mol. The lowest BCUT2D eigenvalue weighted by Gasteiger charge is -2.09. The maximum Gasteiger partial charge on any atom is 0.100 e. The number of hydrogen-bond acceptors (Lipinski definition) is 2. The fourth-order valence-electron chi connectivity index (χ4n) is 1.55. The number of anilines is 2. The summed E-state index contributed by atoms with van der Waals surface area (Å²) >= 11 is 3.38. The average Bonchev–Trinajstić information content (AvgIpc) is 2.32. The van der Waals surface area contributed by atoms with E-state index in [4.69, 9.17) is 5.26 Å². The number of nitrogens with zero attached hydrogens (tertiary/aromatic N) is 1. The smallest absolute Gasteiger partial charge is 0.100 e. The molecule has 1 N–H and O–H groups in total. The summed E-state index contributed by atoms with van der Waals surface area (Å²) in [7, 11) is 0. The molecule has 2 aromatic carbocycles. The zero-order valence-electron chi connectivity index (χ0n) is 9.37. The first-order chi connectivity index (χ1) is 8.20. The van der Waals surface area contributed by atoms with E-state index < -0.39 is 0 Å². The molecule has 0 aliphatic carbocycles. The Morgan fingerprint density at radius 2 is 1.94 bits per heavy atom. The van der Waals surface area contributed by atoms with E-state index in [1.54, 1.807) is 6.07 Å². The van der Waals surface area contributed by atoms with Gasteiger partial charge in [0.15, 0.2) is 0 Å². The second kappa shape index (κ2) is 5.03. The lowest BCUT2D eigenvalue weighted by Crippen LogP contribution is -1.93. The van der Waals surface area contributed by atoms with Gasteiger partial charge in [-0.15, -0.1) is 0 Å². The van der Waals surface area contributed by atoms with Crippen molar-refractivity contribution >= 4 is 27.3 Å². The molecule has 0 radical (unpaired) electrons. The van der Waals surface area contributed by atoms with E-state index in [0.29, 0.717) is 5.56 Å². The zero-order chi connectivity index (χ0) is 12.3. The molecule has 0 heterocycles. The van der Waals surface area contributed by atoms with Gasteiger partial charge >= 0.3 is 0 Å². The zero-order valence-corrected chi connectivity index (χ0v) is 11.0. The van der Waals surface area contributed by atoms with E-state index in [0.717, 1.165) is 15.8 Å². The third-order valence-corrected chi connectivity index (χ3v) is 3.17. The van der Waals surface area contributed by atoms with Crippen LogP contribution in [0.4, 0.5) is 11.4 Å². The van der Waals surface area contributed by atoms with Crippen LogP contribution in [0.5, 0.6) is 0 Å². The topological polar surface area (TPSA) is 35.8 Å². The summed E-state index contributed by atoms with van der Waals surface area (Å²) in [4.78, 5) is 0. The third kappa shape index (κ3) is 2.66. The van der Waals surface area contributed by atoms with Gasteiger partial charge in [0.25, 0.3) is 0 Å². The van der Waals surface area contributed by atoms with Gasteiger partial charge in [-0.05, 0) is 52.7 Å². The molecule has 0 saturated carbocycles. The molecule has 2 aromatic rings. The first kappa shape index (κ1) is 11.7. The summed E-state index contributed by atoms with van der Waals surface area (Å²) in [5, 5.41) is 12.2. The second-order valence-electron chi connectivity index (χ2n) is 3.75. The van der Waals surface area contributed by atoms with E-state index in [9.17, 15) is 0 Å². The van der Waals surface area contributed by atoms with Gasteiger partial charge in [0.2, 0.25) is 0 Å². The number of rotatable bonds is 2. The molecule has 0 atom stereocenters. The number of benzene rings is 2. The van der Waals surface area contributed by atoms with Crippen molar-refractivity contribution < 1.29 is 0 Å². The monoisotopic (exact) mass is 286 g/mol. The first-order valence-corrected chi connectivity index (χ1v) is 6.02. The van der Waals surface area contributed by atoms with Gasteiger partial charge in [0.1, 0.15) is 6.07 Å². The van der Waals surface area contributed by atoms with Gasteiger partial charge in [0.05, 0.1) is 5.56 Å². The Balaban J connectivity index is 2.29. The molecule has 0 fully saturated rings. The Bertz CT molecular complexity index is 585. The fourth-order valence-corrected chi connectivity index (χ4v) is 2.02. The van der Waals surface area contributed by atoms with Crippen LogP contribution in [0.25, 0.3) is 0 Å². The molecule has 17 heavy (non-hydrogen) atoms. The van der Waals surface area contributed by atoms with Crippen LogP contribution in [0.1, 0.15) is 11.1 Å². The number of halogens is 1. The molecular formula is C14H11BrN2. The van der Waals surface area contributed by atoms with Crippen molar-refractivity contribution in [1.82, 2.24) is 0 Å². The Morgan fingerprint density at radius 1 is 1.18 bits per heavy atom. The van der Waals surface area contributed by atoms with Crippen molar-refractivity contribution in [2.45, 2.75) is 6.92 Å². The highest BCUT2D eigenvalue weighted by Crippen LogP contribution is 2.25. The second-order valence-corrected chi connectivity index (χ2v) is 4.60. The summed E-state index contributed by atoms with van der Waals surface area (Å²) in [6.45, 7) is 2.06. The van der Waals surface area contributed by atoms with Crippen LogP contribution in [0.15, 0.2) is 46.9 Å². The van der Waals surface area contributed by atoms with Crippen molar-refractivity contribution in [1.29, 1.82) is 5.26 Å².